The summed E-state index contributed by atoms with van der Waals surface area (Å²) in [5.41, 5.74) is 2.69. The number of alkyl halides is 3. The van der Waals surface area contributed by atoms with Gasteiger partial charge in [-0.25, -0.2) is 13.4 Å². The van der Waals surface area contributed by atoms with E-state index in [2.05, 4.69) is 29.8 Å². The molecule has 39 heavy (non-hydrogen) atoms. The van der Waals surface area contributed by atoms with Crippen LogP contribution in [0.4, 0.5) is 30.6 Å². The van der Waals surface area contributed by atoms with Crippen molar-refractivity contribution in [2.75, 3.05) is 53.9 Å². The number of fused-ring (bicyclic) bond motifs is 1. The molecule has 2 aromatic carbocycles. The third-order valence-electron chi connectivity index (χ3n) is 7.65. The molecule has 1 aromatic heterocycles. The van der Waals surface area contributed by atoms with E-state index >= 15 is 0 Å². The first-order chi connectivity index (χ1) is 18.5. The van der Waals surface area contributed by atoms with E-state index in [9.17, 15) is 21.6 Å². The van der Waals surface area contributed by atoms with Crippen LogP contribution in [0.5, 0.6) is 0 Å². The van der Waals surface area contributed by atoms with E-state index in [-0.39, 0.29) is 16.7 Å². The maximum atomic E-state index is 13.0. The van der Waals surface area contributed by atoms with Gasteiger partial charge in [0.25, 0.3) is 0 Å². The zero-order valence-corrected chi connectivity index (χ0v) is 22.9. The quantitative estimate of drug-likeness (QED) is 0.414. The molecule has 210 valence electrons. The predicted molar refractivity (Wildman–Crippen MR) is 148 cm³/mol. The first-order valence-electron chi connectivity index (χ1n) is 13.1. The van der Waals surface area contributed by atoms with Crippen LogP contribution in [0.15, 0.2) is 42.5 Å². The van der Waals surface area contributed by atoms with E-state index in [0.717, 1.165) is 51.1 Å². The minimum Gasteiger partial charge on any atom is -0.357 e. The van der Waals surface area contributed by atoms with Crippen LogP contribution in [0.2, 0.25) is 0 Å². The summed E-state index contributed by atoms with van der Waals surface area (Å²) >= 11 is 0. The van der Waals surface area contributed by atoms with E-state index < -0.39 is 22.6 Å². The molecule has 0 unspecified atom stereocenters. The van der Waals surface area contributed by atoms with E-state index in [1.54, 1.807) is 38.2 Å². The predicted octanol–water partition coefficient (Wildman–Crippen LogP) is 4.64. The maximum Gasteiger partial charge on any atom is 0.393 e. The van der Waals surface area contributed by atoms with Gasteiger partial charge in [0.1, 0.15) is 5.82 Å². The number of rotatable bonds is 8. The fourth-order valence-corrected chi connectivity index (χ4v) is 6.10. The van der Waals surface area contributed by atoms with Gasteiger partial charge in [0.15, 0.2) is 0 Å². The summed E-state index contributed by atoms with van der Waals surface area (Å²) in [7, 11) is -1.56. The summed E-state index contributed by atoms with van der Waals surface area (Å²) in [6.07, 6.45) is -3.20. The summed E-state index contributed by atoms with van der Waals surface area (Å²) in [5, 5.41) is 3.61. The number of sulfonamides is 1. The molecular formula is C27H33F3N6O2S. The Balaban J connectivity index is 1.22. The molecule has 0 aliphatic carbocycles. The Bertz CT molecular complexity index is 1430. The molecule has 2 aliphatic rings. The van der Waals surface area contributed by atoms with Crippen molar-refractivity contribution in [1.82, 2.24) is 14.9 Å². The summed E-state index contributed by atoms with van der Waals surface area (Å²) in [6, 6.07) is 12.2. The minimum atomic E-state index is -4.27. The van der Waals surface area contributed by atoms with Gasteiger partial charge in [-0.1, -0.05) is 18.2 Å². The van der Waals surface area contributed by atoms with E-state index in [1.165, 1.54) is 6.07 Å². The van der Waals surface area contributed by atoms with Gasteiger partial charge in [-0.3, -0.25) is 9.62 Å². The Morgan fingerprint density at radius 2 is 1.67 bits per heavy atom. The number of halogens is 3. The van der Waals surface area contributed by atoms with Gasteiger partial charge in [0, 0.05) is 43.2 Å². The molecule has 2 aliphatic heterocycles. The molecule has 0 bridgehead atoms. The average Bonchev–Trinajstić information content (AvgIpc) is 2.87. The first-order valence-corrected chi connectivity index (χ1v) is 14.7. The second kappa shape index (κ2) is 10.5. The number of hydrogen-bond donors (Lipinski definition) is 2. The van der Waals surface area contributed by atoms with Crippen molar-refractivity contribution in [3.63, 3.8) is 0 Å². The van der Waals surface area contributed by atoms with Crippen LogP contribution >= 0.6 is 0 Å². The Labute approximate surface area is 226 Å². The lowest BCUT2D eigenvalue weighted by atomic mass is 9.72. The van der Waals surface area contributed by atoms with Crippen molar-refractivity contribution in [3.05, 3.63) is 53.6 Å². The topological polar surface area (TPSA) is 90.5 Å². The molecule has 8 nitrogen and oxygen atoms in total. The van der Waals surface area contributed by atoms with Crippen LogP contribution in [0.1, 0.15) is 30.9 Å². The largest absolute Gasteiger partial charge is 0.393 e. The monoisotopic (exact) mass is 562 g/mol. The standard InChI is InChI=1S/C27H33F3N6O2S/c1-3-39(37,38)34-21-7-4-19(5-8-21)16-35-12-10-26(11-13-35)17-36(18-26)24-22-14-20(15-27(28,29)30)6-9-23(22)32-25(31-2)33-24/h4-9,14,34H,3,10-13,15-18H2,1-2H3,(H,31,32,33). The number of anilines is 3. The van der Waals surface area contributed by atoms with Gasteiger partial charge in [-0.15, -0.1) is 0 Å². The Kier molecular flexibility index (Phi) is 7.36. The Hall–Kier alpha value is -3.12. The third kappa shape index (κ3) is 6.38. The molecule has 0 atom stereocenters. The lowest BCUT2D eigenvalue weighted by Gasteiger charge is -2.54. The van der Waals surface area contributed by atoms with Crippen LogP contribution in [-0.4, -0.2) is 68.4 Å². The van der Waals surface area contributed by atoms with Gasteiger partial charge >= 0.3 is 6.18 Å². The molecular weight excluding hydrogens is 529 g/mol. The second-order valence-electron chi connectivity index (χ2n) is 10.6. The molecule has 2 fully saturated rings. The fraction of sp³-hybridized carbons (Fsp3) is 0.481. The number of aromatic nitrogens is 2. The molecule has 1 spiro atoms. The number of nitrogens with one attached hydrogen (secondary N) is 2. The summed E-state index contributed by atoms with van der Waals surface area (Å²) in [5.74, 6) is 1.16. The van der Waals surface area contributed by atoms with Gasteiger partial charge in [-0.05, 0) is 68.2 Å². The van der Waals surface area contributed by atoms with Gasteiger partial charge in [0.2, 0.25) is 16.0 Å². The van der Waals surface area contributed by atoms with Crippen molar-refractivity contribution in [3.8, 4) is 0 Å². The van der Waals surface area contributed by atoms with Crippen LogP contribution in [-0.2, 0) is 23.0 Å². The van der Waals surface area contributed by atoms with Gasteiger partial charge in [-0.2, -0.15) is 18.2 Å². The van der Waals surface area contributed by atoms with Gasteiger partial charge in [0.05, 0.1) is 17.7 Å². The molecule has 2 N–H and O–H groups in total. The molecule has 2 saturated heterocycles. The second-order valence-corrected chi connectivity index (χ2v) is 12.6. The van der Waals surface area contributed by atoms with E-state index in [0.29, 0.717) is 28.4 Å². The lowest BCUT2D eigenvalue weighted by Crippen LogP contribution is -2.60. The van der Waals surface area contributed by atoms with Crippen LogP contribution in [0.3, 0.4) is 0 Å². The maximum absolute atomic E-state index is 13.0. The van der Waals surface area contributed by atoms with E-state index in [1.807, 2.05) is 12.1 Å². The molecule has 3 heterocycles. The highest BCUT2D eigenvalue weighted by atomic mass is 32.2. The number of piperidine rings is 1. The zero-order chi connectivity index (χ0) is 27.8. The number of benzene rings is 2. The molecule has 5 rings (SSSR count). The van der Waals surface area contributed by atoms with Gasteiger partial charge < -0.3 is 10.2 Å². The number of likely N-dealkylation sites (tertiary alicyclic amines) is 1. The highest BCUT2D eigenvalue weighted by Crippen LogP contribution is 2.44. The summed E-state index contributed by atoms with van der Waals surface area (Å²) in [6.45, 7) is 5.91. The molecule has 0 saturated carbocycles. The smallest absolute Gasteiger partial charge is 0.357 e. The first kappa shape index (κ1) is 27.4. The Morgan fingerprint density at radius 3 is 2.28 bits per heavy atom. The summed E-state index contributed by atoms with van der Waals surface area (Å²) in [4.78, 5) is 13.6. The van der Waals surface area contributed by atoms with E-state index in [4.69, 9.17) is 0 Å². The third-order valence-corrected chi connectivity index (χ3v) is 8.96. The van der Waals surface area contributed by atoms with Crippen molar-refractivity contribution in [1.29, 1.82) is 0 Å². The molecule has 12 heteroatoms. The normalized spacial score (nSPS) is 17.8. The molecule has 3 aromatic rings. The molecule has 0 amide bonds. The number of hydrogen-bond acceptors (Lipinski definition) is 7. The lowest BCUT2D eigenvalue weighted by molar-refractivity contribution is -0.127. The molecule has 0 radical (unpaired) electrons. The minimum absolute atomic E-state index is 0.0326. The highest BCUT2D eigenvalue weighted by molar-refractivity contribution is 7.92. The van der Waals surface area contributed by atoms with Crippen molar-refractivity contribution < 1.29 is 21.6 Å². The highest BCUT2D eigenvalue weighted by Gasteiger charge is 2.45. The van der Waals surface area contributed by atoms with Crippen LogP contribution < -0.4 is 14.9 Å². The Morgan fingerprint density at radius 1 is 1.00 bits per heavy atom. The van der Waals surface area contributed by atoms with Crippen molar-refractivity contribution >= 4 is 38.4 Å². The zero-order valence-electron chi connectivity index (χ0n) is 22.1. The van der Waals surface area contributed by atoms with Crippen molar-refractivity contribution in [2.45, 2.75) is 38.9 Å². The van der Waals surface area contributed by atoms with Crippen molar-refractivity contribution in [2.24, 2.45) is 5.41 Å². The summed E-state index contributed by atoms with van der Waals surface area (Å²) < 4.78 is 65.1. The fourth-order valence-electron chi connectivity index (χ4n) is 5.46. The average molecular weight is 563 g/mol. The number of nitrogens with zero attached hydrogens (tertiary/aromatic N) is 4. The SMILES string of the molecule is CCS(=O)(=O)Nc1ccc(CN2CCC3(CC2)CN(c2nc(NC)nc4ccc(CC(F)(F)F)cc24)C3)cc1. The van der Waals surface area contributed by atoms with Crippen LogP contribution in [0, 0.1) is 5.41 Å². The van der Waals surface area contributed by atoms with Crippen LogP contribution in [0.25, 0.3) is 10.9 Å².